The van der Waals surface area contributed by atoms with E-state index in [1.165, 1.54) is 0 Å². The van der Waals surface area contributed by atoms with Gasteiger partial charge in [-0.15, -0.1) is 12.4 Å². The van der Waals surface area contributed by atoms with Gasteiger partial charge in [-0.3, -0.25) is 19.8 Å². The first-order valence-corrected chi connectivity index (χ1v) is 4.26. The van der Waals surface area contributed by atoms with Crippen LogP contribution in [-0.2, 0) is 9.59 Å². The Balaban J connectivity index is 0. The van der Waals surface area contributed by atoms with Crippen molar-refractivity contribution in [2.75, 3.05) is 20.8 Å². The van der Waals surface area contributed by atoms with Crippen LogP contribution in [0.4, 0.5) is 0 Å². The zero-order valence-corrected chi connectivity index (χ0v) is 9.58. The summed E-state index contributed by atoms with van der Waals surface area (Å²) in [5.41, 5.74) is 0. The van der Waals surface area contributed by atoms with Gasteiger partial charge in [0.25, 0.3) is 0 Å². The maximum absolute atomic E-state index is 10.7. The topological polar surface area (TPSA) is 89.9 Å². The molecule has 0 rings (SSSR count). The van der Waals surface area contributed by atoms with E-state index < -0.39 is 18.0 Å². The summed E-state index contributed by atoms with van der Waals surface area (Å²) in [5, 5.41) is 19.9. The molecule has 0 aromatic heterocycles. The standard InChI is InChI=1S/C8H16N2O4.ClH/c1-10(2)5-9-6(8(13)14)3-4-7(11)12;/h6,9H,3-5H2,1-2H3,(H,11,12)(H,13,14);1H/t6-;/m0./s1. The van der Waals surface area contributed by atoms with E-state index in [-0.39, 0.29) is 25.2 Å². The van der Waals surface area contributed by atoms with Crippen LogP contribution in [0.5, 0.6) is 0 Å². The van der Waals surface area contributed by atoms with Crippen LogP contribution in [-0.4, -0.2) is 53.9 Å². The monoisotopic (exact) mass is 240 g/mol. The second kappa shape index (κ2) is 8.46. The maximum Gasteiger partial charge on any atom is 0.320 e. The van der Waals surface area contributed by atoms with Gasteiger partial charge in [-0.25, -0.2) is 0 Å². The summed E-state index contributed by atoms with van der Waals surface area (Å²) in [4.78, 5) is 22.7. The molecule has 6 nitrogen and oxygen atoms in total. The van der Waals surface area contributed by atoms with Crippen LogP contribution in [0.1, 0.15) is 12.8 Å². The molecular formula is C8H17ClN2O4. The number of hydrogen-bond donors (Lipinski definition) is 3. The lowest BCUT2D eigenvalue weighted by Crippen LogP contribution is -2.41. The van der Waals surface area contributed by atoms with Crippen molar-refractivity contribution >= 4 is 24.3 Å². The highest BCUT2D eigenvalue weighted by atomic mass is 35.5. The zero-order chi connectivity index (χ0) is 11.1. The van der Waals surface area contributed by atoms with Crippen LogP contribution in [0, 0.1) is 0 Å². The Labute approximate surface area is 94.7 Å². The fourth-order valence-corrected chi connectivity index (χ4v) is 0.873. The van der Waals surface area contributed by atoms with Crippen molar-refractivity contribution in [2.45, 2.75) is 18.9 Å². The fraction of sp³-hybridized carbons (Fsp3) is 0.750. The Morgan fingerprint density at radius 1 is 1.33 bits per heavy atom. The van der Waals surface area contributed by atoms with Crippen LogP contribution in [0.2, 0.25) is 0 Å². The summed E-state index contributed by atoms with van der Waals surface area (Å²) < 4.78 is 0. The molecule has 0 aliphatic carbocycles. The molecule has 0 aromatic carbocycles. The van der Waals surface area contributed by atoms with Gasteiger partial charge in [0.15, 0.2) is 0 Å². The normalized spacial score (nSPS) is 11.9. The van der Waals surface area contributed by atoms with Gasteiger partial charge in [0.1, 0.15) is 6.04 Å². The van der Waals surface area contributed by atoms with Crippen molar-refractivity contribution in [1.29, 1.82) is 0 Å². The molecule has 0 amide bonds. The second-order valence-corrected chi connectivity index (χ2v) is 3.27. The minimum Gasteiger partial charge on any atom is -0.481 e. The van der Waals surface area contributed by atoms with Crippen LogP contribution in [0.3, 0.4) is 0 Å². The number of rotatable bonds is 7. The van der Waals surface area contributed by atoms with Crippen molar-refractivity contribution < 1.29 is 19.8 Å². The molecule has 7 heteroatoms. The number of carboxylic acid groups (broad SMARTS) is 2. The largest absolute Gasteiger partial charge is 0.481 e. The van der Waals surface area contributed by atoms with E-state index >= 15 is 0 Å². The quantitative estimate of drug-likeness (QED) is 0.536. The average molecular weight is 241 g/mol. The van der Waals surface area contributed by atoms with E-state index in [2.05, 4.69) is 5.32 Å². The van der Waals surface area contributed by atoms with E-state index in [1.54, 1.807) is 19.0 Å². The first-order chi connectivity index (χ1) is 6.43. The fourth-order valence-electron chi connectivity index (χ4n) is 0.873. The molecule has 90 valence electrons. The van der Waals surface area contributed by atoms with Crippen molar-refractivity contribution in [3.05, 3.63) is 0 Å². The van der Waals surface area contributed by atoms with E-state index in [9.17, 15) is 9.59 Å². The van der Waals surface area contributed by atoms with Crippen molar-refractivity contribution in [3.63, 3.8) is 0 Å². The molecular weight excluding hydrogens is 224 g/mol. The summed E-state index contributed by atoms with van der Waals surface area (Å²) >= 11 is 0. The number of aliphatic carboxylic acids is 2. The van der Waals surface area contributed by atoms with Crippen molar-refractivity contribution in [2.24, 2.45) is 0 Å². The predicted octanol–water partition coefficient (Wildman–Crippen LogP) is -0.165. The third-order valence-electron chi connectivity index (χ3n) is 1.60. The lowest BCUT2D eigenvalue weighted by Gasteiger charge is -2.16. The van der Waals surface area contributed by atoms with Crippen LogP contribution >= 0.6 is 12.4 Å². The number of hydrogen-bond acceptors (Lipinski definition) is 4. The average Bonchev–Trinajstić information content (AvgIpc) is 2.02. The first kappa shape index (κ1) is 16.6. The lowest BCUT2D eigenvalue weighted by molar-refractivity contribution is -0.140. The number of carbonyl (C=O) groups is 2. The van der Waals surface area contributed by atoms with Crippen LogP contribution in [0.25, 0.3) is 0 Å². The van der Waals surface area contributed by atoms with Gasteiger partial charge in [-0.2, -0.15) is 0 Å². The number of nitrogens with one attached hydrogen (secondary N) is 1. The minimum atomic E-state index is -1.02. The number of halogens is 1. The van der Waals surface area contributed by atoms with Gasteiger partial charge in [0, 0.05) is 13.1 Å². The molecule has 0 bridgehead atoms. The van der Waals surface area contributed by atoms with Crippen LogP contribution < -0.4 is 5.32 Å². The first-order valence-electron chi connectivity index (χ1n) is 4.26. The van der Waals surface area contributed by atoms with Crippen LogP contribution in [0.15, 0.2) is 0 Å². The molecule has 1 atom stereocenters. The Kier molecular flexibility index (Phi) is 9.35. The summed E-state index contributed by atoms with van der Waals surface area (Å²) in [5.74, 6) is -2.00. The smallest absolute Gasteiger partial charge is 0.320 e. The zero-order valence-electron chi connectivity index (χ0n) is 8.77. The van der Waals surface area contributed by atoms with Gasteiger partial charge in [0.2, 0.25) is 0 Å². The Morgan fingerprint density at radius 3 is 2.20 bits per heavy atom. The molecule has 0 heterocycles. The Morgan fingerprint density at radius 2 is 1.87 bits per heavy atom. The van der Waals surface area contributed by atoms with Gasteiger partial charge in [0.05, 0.1) is 0 Å². The maximum atomic E-state index is 10.7. The second-order valence-electron chi connectivity index (χ2n) is 3.27. The third-order valence-corrected chi connectivity index (χ3v) is 1.60. The van der Waals surface area contributed by atoms with E-state index in [0.29, 0.717) is 6.67 Å². The summed E-state index contributed by atoms with van der Waals surface area (Å²) in [6.45, 7) is 0.413. The number of nitrogens with zero attached hydrogens (tertiary/aromatic N) is 1. The molecule has 0 saturated heterocycles. The molecule has 0 aromatic rings. The van der Waals surface area contributed by atoms with Gasteiger partial charge >= 0.3 is 11.9 Å². The molecule has 3 N–H and O–H groups in total. The molecule has 0 aliphatic rings. The molecule has 0 saturated carbocycles. The summed E-state index contributed by atoms with van der Waals surface area (Å²) in [6.07, 6.45) is -0.0457. The highest BCUT2D eigenvalue weighted by Crippen LogP contribution is 1.97. The molecule has 0 unspecified atom stereocenters. The molecule has 0 radical (unpaired) electrons. The molecule has 0 fully saturated rings. The highest BCUT2D eigenvalue weighted by molar-refractivity contribution is 5.85. The van der Waals surface area contributed by atoms with E-state index in [4.69, 9.17) is 10.2 Å². The highest BCUT2D eigenvalue weighted by Gasteiger charge is 2.17. The Hall–Kier alpha value is -0.850. The molecule has 0 spiro atoms. The van der Waals surface area contributed by atoms with Gasteiger partial charge in [-0.1, -0.05) is 0 Å². The lowest BCUT2D eigenvalue weighted by atomic mass is 10.1. The van der Waals surface area contributed by atoms with Crippen molar-refractivity contribution in [1.82, 2.24) is 10.2 Å². The SMILES string of the molecule is CN(C)CN[C@@H](CCC(=O)O)C(=O)O.Cl. The summed E-state index contributed by atoms with van der Waals surface area (Å²) in [6, 6.07) is -0.798. The predicted molar refractivity (Wildman–Crippen MR) is 57.2 cm³/mol. The Bertz CT molecular complexity index is 211. The molecule has 0 aliphatic heterocycles. The molecule has 15 heavy (non-hydrogen) atoms. The number of carboxylic acids is 2. The van der Waals surface area contributed by atoms with E-state index in [1.807, 2.05) is 0 Å². The van der Waals surface area contributed by atoms with Crippen molar-refractivity contribution in [3.8, 4) is 0 Å². The van der Waals surface area contributed by atoms with Gasteiger partial charge < -0.3 is 10.2 Å². The summed E-state index contributed by atoms with van der Waals surface area (Å²) in [7, 11) is 3.59. The third kappa shape index (κ3) is 9.45. The minimum absolute atomic E-state index is 0. The van der Waals surface area contributed by atoms with E-state index in [0.717, 1.165) is 0 Å². The van der Waals surface area contributed by atoms with Gasteiger partial charge in [-0.05, 0) is 20.5 Å².